The Kier molecular flexibility index (Phi) is 6.01. The number of hydrogen-bond donors (Lipinski definition) is 1. The van der Waals surface area contributed by atoms with E-state index in [1.54, 1.807) is 12.1 Å². The minimum Gasteiger partial charge on any atom is -0.483 e. The molecule has 0 unspecified atom stereocenters. The Bertz CT molecular complexity index is 714. The van der Waals surface area contributed by atoms with Crippen molar-refractivity contribution < 1.29 is 13.9 Å². The smallest absolute Gasteiger partial charge is 0.260 e. The van der Waals surface area contributed by atoms with E-state index in [1.165, 1.54) is 6.07 Å². The van der Waals surface area contributed by atoms with E-state index in [0.717, 1.165) is 31.5 Å². The molecule has 0 aliphatic carbocycles. The number of benzene rings is 2. The SMILES string of the molecule is O=C(COc1ccccc1CNCc1ccccc1F)N1CCCC1. The molecule has 5 heteroatoms. The van der Waals surface area contributed by atoms with E-state index in [4.69, 9.17) is 4.74 Å². The van der Waals surface area contributed by atoms with Gasteiger partial charge in [0.15, 0.2) is 6.61 Å². The van der Waals surface area contributed by atoms with Crippen LogP contribution in [0.4, 0.5) is 4.39 Å². The van der Waals surface area contributed by atoms with Gasteiger partial charge in [0.2, 0.25) is 0 Å². The number of para-hydroxylation sites is 1. The topological polar surface area (TPSA) is 41.6 Å². The van der Waals surface area contributed by atoms with Gasteiger partial charge in [0.25, 0.3) is 5.91 Å². The van der Waals surface area contributed by atoms with Gasteiger partial charge in [-0.2, -0.15) is 0 Å². The van der Waals surface area contributed by atoms with E-state index in [9.17, 15) is 9.18 Å². The van der Waals surface area contributed by atoms with Gasteiger partial charge >= 0.3 is 0 Å². The highest BCUT2D eigenvalue weighted by Gasteiger charge is 2.18. The summed E-state index contributed by atoms with van der Waals surface area (Å²) in [6.45, 7) is 2.70. The average molecular weight is 342 g/mol. The van der Waals surface area contributed by atoms with Crippen molar-refractivity contribution in [2.24, 2.45) is 0 Å². The summed E-state index contributed by atoms with van der Waals surface area (Å²) in [7, 11) is 0. The van der Waals surface area contributed by atoms with E-state index in [-0.39, 0.29) is 18.3 Å². The predicted molar refractivity (Wildman–Crippen MR) is 94.7 cm³/mol. The van der Waals surface area contributed by atoms with Crippen LogP contribution in [0.1, 0.15) is 24.0 Å². The number of nitrogens with zero attached hydrogens (tertiary/aromatic N) is 1. The first-order chi connectivity index (χ1) is 12.2. The van der Waals surface area contributed by atoms with Crippen LogP contribution >= 0.6 is 0 Å². The number of carbonyl (C=O) groups excluding carboxylic acids is 1. The zero-order chi connectivity index (χ0) is 17.5. The summed E-state index contributed by atoms with van der Waals surface area (Å²) >= 11 is 0. The van der Waals surface area contributed by atoms with Gasteiger partial charge in [-0.25, -0.2) is 4.39 Å². The number of rotatable bonds is 7. The Hall–Kier alpha value is -2.40. The lowest BCUT2D eigenvalue weighted by Crippen LogP contribution is -2.32. The van der Waals surface area contributed by atoms with Crippen molar-refractivity contribution in [1.29, 1.82) is 0 Å². The Morgan fingerprint density at radius 2 is 1.64 bits per heavy atom. The molecule has 0 saturated carbocycles. The molecule has 3 rings (SSSR count). The van der Waals surface area contributed by atoms with Crippen LogP contribution in [0, 0.1) is 5.82 Å². The highest BCUT2D eigenvalue weighted by Crippen LogP contribution is 2.18. The summed E-state index contributed by atoms with van der Waals surface area (Å²) in [6, 6.07) is 14.3. The van der Waals surface area contributed by atoms with E-state index < -0.39 is 0 Å². The van der Waals surface area contributed by atoms with Crippen molar-refractivity contribution in [3.8, 4) is 5.75 Å². The predicted octanol–water partition coefficient (Wildman–Crippen LogP) is 3.12. The molecule has 0 bridgehead atoms. The van der Waals surface area contributed by atoms with Crippen molar-refractivity contribution in [2.75, 3.05) is 19.7 Å². The molecule has 1 heterocycles. The second-order valence-corrected chi connectivity index (χ2v) is 6.18. The van der Waals surface area contributed by atoms with Crippen LogP contribution in [0.25, 0.3) is 0 Å². The van der Waals surface area contributed by atoms with Crippen LogP contribution in [-0.4, -0.2) is 30.5 Å². The van der Waals surface area contributed by atoms with Crippen LogP contribution in [0.15, 0.2) is 48.5 Å². The molecular weight excluding hydrogens is 319 g/mol. The number of amides is 1. The molecule has 0 aromatic heterocycles. The maximum Gasteiger partial charge on any atom is 0.260 e. The molecule has 1 fully saturated rings. The van der Waals surface area contributed by atoms with Crippen LogP contribution < -0.4 is 10.1 Å². The summed E-state index contributed by atoms with van der Waals surface area (Å²) in [5.41, 5.74) is 1.58. The molecule has 0 atom stereocenters. The molecule has 0 spiro atoms. The Balaban J connectivity index is 1.53. The van der Waals surface area contributed by atoms with E-state index in [0.29, 0.717) is 24.4 Å². The molecule has 1 saturated heterocycles. The van der Waals surface area contributed by atoms with Crippen LogP contribution in [-0.2, 0) is 17.9 Å². The second-order valence-electron chi connectivity index (χ2n) is 6.18. The standard InChI is InChI=1S/C20H23FN2O2/c21-18-9-3-1-7-16(18)13-22-14-17-8-2-4-10-19(17)25-15-20(24)23-11-5-6-12-23/h1-4,7-10,22H,5-6,11-15H2. The minimum absolute atomic E-state index is 0.0339. The fraction of sp³-hybridized carbons (Fsp3) is 0.350. The summed E-state index contributed by atoms with van der Waals surface area (Å²) in [5, 5.41) is 3.23. The molecule has 2 aromatic carbocycles. The molecule has 0 radical (unpaired) electrons. The molecule has 1 amide bonds. The van der Waals surface area contributed by atoms with Gasteiger partial charge in [0.1, 0.15) is 11.6 Å². The number of likely N-dealkylation sites (tertiary alicyclic amines) is 1. The van der Waals surface area contributed by atoms with Crippen molar-refractivity contribution in [3.05, 3.63) is 65.5 Å². The average Bonchev–Trinajstić information content (AvgIpc) is 3.17. The van der Waals surface area contributed by atoms with Gasteiger partial charge in [-0.3, -0.25) is 4.79 Å². The first-order valence-electron chi connectivity index (χ1n) is 8.66. The lowest BCUT2D eigenvalue weighted by molar-refractivity contribution is -0.132. The molecule has 1 N–H and O–H groups in total. The highest BCUT2D eigenvalue weighted by atomic mass is 19.1. The van der Waals surface area contributed by atoms with Crippen molar-refractivity contribution in [3.63, 3.8) is 0 Å². The third-order valence-corrected chi connectivity index (χ3v) is 4.37. The molecule has 132 valence electrons. The molecule has 2 aromatic rings. The first kappa shape index (κ1) is 17.4. The summed E-state index contributed by atoms with van der Waals surface area (Å²) in [5.74, 6) is 0.512. The Morgan fingerprint density at radius 3 is 2.40 bits per heavy atom. The fourth-order valence-electron chi connectivity index (χ4n) is 2.96. The zero-order valence-corrected chi connectivity index (χ0v) is 14.2. The zero-order valence-electron chi connectivity index (χ0n) is 14.2. The maximum atomic E-state index is 13.6. The second kappa shape index (κ2) is 8.62. The first-order valence-corrected chi connectivity index (χ1v) is 8.66. The number of ether oxygens (including phenoxy) is 1. The van der Waals surface area contributed by atoms with Gasteiger partial charge in [0.05, 0.1) is 0 Å². The number of nitrogens with one attached hydrogen (secondary N) is 1. The Labute approximate surface area is 147 Å². The molecule has 1 aliphatic rings. The van der Waals surface area contributed by atoms with Crippen LogP contribution in [0.5, 0.6) is 5.75 Å². The summed E-state index contributed by atoms with van der Waals surface area (Å²) in [4.78, 5) is 14.0. The van der Waals surface area contributed by atoms with Crippen LogP contribution in [0.2, 0.25) is 0 Å². The minimum atomic E-state index is -0.212. The summed E-state index contributed by atoms with van der Waals surface area (Å²) in [6.07, 6.45) is 2.14. The van der Waals surface area contributed by atoms with Gasteiger partial charge < -0.3 is 15.0 Å². The number of hydrogen-bond acceptors (Lipinski definition) is 3. The van der Waals surface area contributed by atoms with Gasteiger partial charge in [0, 0.05) is 37.3 Å². The lowest BCUT2D eigenvalue weighted by Gasteiger charge is -2.17. The monoisotopic (exact) mass is 342 g/mol. The molecule has 1 aliphatic heterocycles. The summed E-state index contributed by atoms with van der Waals surface area (Å²) < 4.78 is 19.4. The molecule has 4 nitrogen and oxygen atoms in total. The third kappa shape index (κ3) is 4.79. The molecular formula is C20H23FN2O2. The quantitative estimate of drug-likeness (QED) is 0.841. The normalized spacial score (nSPS) is 13.9. The van der Waals surface area contributed by atoms with Crippen molar-refractivity contribution in [2.45, 2.75) is 25.9 Å². The highest BCUT2D eigenvalue weighted by molar-refractivity contribution is 5.78. The third-order valence-electron chi connectivity index (χ3n) is 4.37. The number of carbonyl (C=O) groups is 1. The van der Waals surface area contributed by atoms with Gasteiger partial charge in [-0.1, -0.05) is 36.4 Å². The maximum absolute atomic E-state index is 13.6. The number of halogens is 1. The Morgan fingerprint density at radius 1 is 1.00 bits per heavy atom. The van der Waals surface area contributed by atoms with Gasteiger partial charge in [-0.15, -0.1) is 0 Å². The largest absolute Gasteiger partial charge is 0.483 e. The van der Waals surface area contributed by atoms with E-state index in [1.807, 2.05) is 35.2 Å². The van der Waals surface area contributed by atoms with E-state index >= 15 is 0 Å². The van der Waals surface area contributed by atoms with Gasteiger partial charge in [-0.05, 0) is 25.0 Å². The lowest BCUT2D eigenvalue weighted by atomic mass is 10.2. The van der Waals surface area contributed by atoms with Crippen molar-refractivity contribution >= 4 is 5.91 Å². The van der Waals surface area contributed by atoms with Crippen LogP contribution in [0.3, 0.4) is 0 Å². The van der Waals surface area contributed by atoms with E-state index in [2.05, 4.69) is 5.32 Å². The van der Waals surface area contributed by atoms with Crippen molar-refractivity contribution in [1.82, 2.24) is 10.2 Å². The molecule has 25 heavy (non-hydrogen) atoms. The fourth-order valence-corrected chi connectivity index (χ4v) is 2.96.